The van der Waals surface area contributed by atoms with Gasteiger partial charge < -0.3 is 10.1 Å². The van der Waals surface area contributed by atoms with Gasteiger partial charge in [0.25, 0.3) is 15.9 Å². The van der Waals surface area contributed by atoms with Crippen molar-refractivity contribution in [3.63, 3.8) is 0 Å². The van der Waals surface area contributed by atoms with Crippen LogP contribution in [0.4, 0.5) is 10.8 Å². The number of esters is 1. The van der Waals surface area contributed by atoms with Crippen molar-refractivity contribution in [2.24, 2.45) is 0 Å². The highest BCUT2D eigenvalue weighted by Crippen LogP contribution is 2.26. The van der Waals surface area contributed by atoms with Crippen LogP contribution in [0.25, 0.3) is 0 Å². The third-order valence-electron chi connectivity index (χ3n) is 3.91. The van der Waals surface area contributed by atoms with Gasteiger partial charge in [-0.1, -0.05) is 22.9 Å². The van der Waals surface area contributed by atoms with Crippen LogP contribution >= 0.6 is 22.9 Å². The molecule has 11 heteroatoms. The number of anilines is 2. The van der Waals surface area contributed by atoms with Gasteiger partial charge in [0.2, 0.25) is 0 Å². The molecule has 8 nitrogen and oxygen atoms in total. The van der Waals surface area contributed by atoms with Crippen molar-refractivity contribution in [3.8, 4) is 0 Å². The lowest BCUT2D eigenvalue weighted by molar-refractivity contribution is 0.0600. The second-order valence-electron chi connectivity index (χ2n) is 6.02. The first-order valence-electron chi connectivity index (χ1n) is 8.45. The summed E-state index contributed by atoms with van der Waals surface area (Å²) in [5.74, 6) is -0.934. The second-order valence-corrected chi connectivity index (χ2v) is 9.13. The minimum absolute atomic E-state index is 0.0245. The molecule has 0 saturated heterocycles. The predicted octanol–water partition coefficient (Wildman–Crippen LogP) is 3.94. The minimum Gasteiger partial charge on any atom is -0.465 e. The van der Waals surface area contributed by atoms with Gasteiger partial charge >= 0.3 is 5.97 Å². The molecule has 0 unspecified atom stereocenters. The Morgan fingerprint density at radius 1 is 1.07 bits per heavy atom. The van der Waals surface area contributed by atoms with E-state index in [1.807, 2.05) is 0 Å². The maximum absolute atomic E-state index is 12.6. The molecule has 2 N–H and O–H groups in total. The largest absolute Gasteiger partial charge is 0.465 e. The van der Waals surface area contributed by atoms with Gasteiger partial charge in [0.1, 0.15) is 4.88 Å². The molecular weight excluding hydrogens is 450 g/mol. The molecule has 0 spiro atoms. The lowest BCUT2D eigenvalue weighted by Crippen LogP contribution is -2.12. The molecule has 1 amide bonds. The number of aromatic nitrogens is 1. The zero-order chi connectivity index (χ0) is 21.9. The Morgan fingerprint density at radius 2 is 1.70 bits per heavy atom. The molecule has 0 bridgehead atoms. The Kier molecular flexibility index (Phi) is 6.40. The first-order chi connectivity index (χ1) is 14.2. The van der Waals surface area contributed by atoms with Crippen molar-refractivity contribution in [2.75, 3.05) is 17.1 Å². The number of thiazole rings is 1. The van der Waals surface area contributed by atoms with Gasteiger partial charge in [0.15, 0.2) is 5.13 Å². The van der Waals surface area contributed by atoms with Gasteiger partial charge in [-0.15, -0.1) is 0 Å². The van der Waals surface area contributed by atoms with E-state index in [1.54, 1.807) is 19.1 Å². The molecule has 3 rings (SSSR count). The summed E-state index contributed by atoms with van der Waals surface area (Å²) in [4.78, 5) is 28.4. The summed E-state index contributed by atoms with van der Waals surface area (Å²) in [6, 6.07) is 11.8. The maximum Gasteiger partial charge on any atom is 0.337 e. The number of carbonyl (C=O) groups is 2. The Hall–Kier alpha value is -2.95. The smallest absolute Gasteiger partial charge is 0.337 e. The van der Waals surface area contributed by atoms with Crippen LogP contribution in [0.5, 0.6) is 0 Å². The van der Waals surface area contributed by atoms with Crippen LogP contribution in [0.1, 0.15) is 25.7 Å². The molecule has 1 heterocycles. The SMILES string of the molecule is COC(=O)c1ccc(NC(=O)c2sc(NS(=O)(=O)c3ccc(Cl)cc3)nc2C)cc1. The van der Waals surface area contributed by atoms with Crippen LogP contribution in [-0.4, -0.2) is 32.4 Å². The van der Waals surface area contributed by atoms with Crippen molar-refractivity contribution < 1.29 is 22.7 Å². The highest BCUT2D eigenvalue weighted by molar-refractivity contribution is 7.93. The van der Waals surface area contributed by atoms with Gasteiger partial charge in [-0.2, -0.15) is 0 Å². The summed E-state index contributed by atoms with van der Waals surface area (Å²) in [5, 5.41) is 3.16. The molecule has 30 heavy (non-hydrogen) atoms. The molecule has 156 valence electrons. The normalized spacial score (nSPS) is 11.0. The predicted molar refractivity (Wildman–Crippen MR) is 115 cm³/mol. The van der Waals surface area contributed by atoms with E-state index < -0.39 is 21.9 Å². The van der Waals surface area contributed by atoms with E-state index in [-0.39, 0.29) is 14.9 Å². The van der Waals surface area contributed by atoms with Crippen LogP contribution in [-0.2, 0) is 14.8 Å². The number of nitrogens with one attached hydrogen (secondary N) is 2. The lowest BCUT2D eigenvalue weighted by atomic mass is 10.2. The van der Waals surface area contributed by atoms with Crippen LogP contribution in [0.3, 0.4) is 0 Å². The summed E-state index contributed by atoms with van der Waals surface area (Å²) < 4.78 is 32.0. The Balaban J connectivity index is 1.74. The molecule has 0 aliphatic carbocycles. The number of benzene rings is 2. The van der Waals surface area contributed by atoms with E-state index in [9.17, 15) is 18.0 Å². The van der Waals surface area contributed by atoms with Crippen LogP contribution in [0, 0.1) is 6.92 Å². The first-order valence-corrected chi connectivity index (χ1v) is 11.1. The van der Waals surface area contributed by atoms with Gasteiger partial charge in [-0.25, -0.2) is 18.2 Å². The highest BCUT2D eigenvalue weighted by atomic mass is 35.5. The average molecular weight is 466 g/mol. The molecule has 0 atom stereocenters. The number of rotatable bonds is 6. The fourth-order valence-corrected chi connectivity index (χ4v) is 4.66. The van der Waals surface area contributed by atoms with E-state index in [4.69, 9.17) is 11.6 Å². The molecule has 0 aliphatic heterocycles. The van der Waals surface area contributed by atoms with Gasteiger partial charge in [0, 0.05) is 10.7 Å². The molecular formula is C19H16ClN3O5S2. The van der Waals surface area contributed by atoms with Crippen molar-refractivity contribution >= 4 is 55.7 Å². The van der Waals surface area contributed by atoms with Gasteiger partial charge in [0.05, 0.1) is 23.3 Å². The van der Waals surface area contributed by atoms with Crippen molar-refractivity contribution in [1.29, 1.82) is 0 Å². The summed E-state index contributed by atoms with van der Waals surface area (Å²) in [5.41, 5.74) is 1.18. The first kappa shape index (κ1) is 21.8. The van der Waals surface area contributed by atoms with Crippen molar-refractivity contribution in [1.82, 2.24) is 4.98 Å². The number of nitrogens with zero attached hydrogens (tertiary/aromatic N) is 1. The van der Waals surface area contributed by atoms with Gasteiger partial charge in [-0.3, -0.25) is 9.52 Å². The van der Waals surface area contributed by atoms with E-state index in [2.05, 4.69) is 19.8 Å². The lowest BCUT2D eigenvalue weighted by Gasteiger charge is -2.05. The Morgan fingerprint density at radius 3 is 2.30 bits per heavy atom. The Labute approximate surface area is 181 Å². The molecule has 0 saturated carbocycles. The van der Waals surface area contributed by atoms with Crippen molar-refractivity contribution in [2.45, 2.75) is 11.8 Å². The molecule has 0 radical (unpaired) electrons. The quantitative estimate of drug-likeness (QED) is 0.533. The third-order valence-corrected chi connectivity index (χ3v) is 6.72. The number of methoxy groups -OCH3 is 1. The zero-order valence-electron chi connectivity index (χ0n) is 15.8. The molecule has 0 fully saturated rings. The molecule has 1 aromatic heterocycles. The summed E-state index contributed by atoms with van der Waals surface area (Å²) >= 11 is 6.70. The maximum atomic E-state index is 12.6. The number of aryl methyl sites for hydroxylation is 1. The summed E-state index contributed by atoms with van der Waals surface area (Å²) in [6.07, 6.45) is 0. The molecule has 3 aromatic rings. The Bertz CT molecular complexity index is 1190. The average Bonchev–Trinajstić information content (AvgIpc) is 3.07. The standard InChI is InChI=1S/C19H16ClN3O5S2/c1-11-16(17(24)22-14-7-3-12(4-8-14)18(25)28-2)29-19(21-11)23-30(26,27)15-9-5-13(20)6-10-15/h3-10H,1-2H3,(H,21,23)(H,22,24). The zero-order valence-corrected chi connectivity index (χ0v) is 18.2. The summed E-state index contributed by atoms with van der Waals surface area (Å²) in [6.45, 7) is 1.60. The van der Waals surface area contributed by atoms with E-state index in [1.165, 1.54) is 43.5 Å². The fourth-order valence-electron chi connectivity index (χ4n) is 2.43. The molecule has 0 aliphatic rings. The number of halogens is 1. The van der Waals surface area contributed by atoms with E-state index in [0.717, 1.165) is 11.3 Å². The van der Waals surface area contributed by atoms with Crippen molar-refractivity contribution in [3.05, 3.63) is 69.7 Å². The van der Waals surface area contributed by atoms with Gasteiger partial charge in [-0.05, 0) is 55.5 Å². The topological polar surface area (TPSA) is 114 Å². The number of ether oxygens (including phenoxy) is 1. The van der Waals surface area contributed by atoms with Crippen LogP contribution in [0.2, 0.25) is 5.02 Å². The van der Waals surface area contributed by atoms with E-state index in [0.29, 0.717) is 22.0 Å². The number of hydrogen-bond acceptors (Lipinski definition) is 7. The number of carbonyl (C=O) groups excluding carboxylic acids is 2. The number of amides is 1. The monoisotopic (exact) mass is 465 g/mol. The third kappa shape index (κ3) is 4.96. The van der Waals surface area contributed by atoms with Crippen LogP contribution < -0.4 is 10.0 Å². The highest BCUT2D eigenvalue weighted by Gasteiger charge is 2.20. The number of sulfonamides is 1. The number of hydrogen-bond donors (Lipinski definition) is 2. The fraction of sp³-hybridized carbons (Fsp3) is 0.105. The van der Waals surface area contributed by atoms with Crippen LogP contribution in [0.15, 0.2) is 53.4 Å². The van der Waals surface area contributed by atoms with E-state index >= 15 is 0 Å². The second kappa shape index (κ2) is 8.82. The summed E-state index contributed by atoms with van der Waals surface area (Å²) in [7, 11) is -2.59. The minimum atomic E-state index is -3.87. The molecule has 2 aromatic carbocycles.